The Morgan fingerprint density at radius 1 is 1.00 bits per heavy atom. The van der Waals surface area contributed by atoms with Crippen molar-refractivity contribution in [1.82, 2.24) is 0 Å². The topological polar surface area (TPSA) is 9.23 Å². The second-order valence-electron chi connectivity index (χ2n) is 4.84. The molecule has 0 unspecified atom stereocenters. The molecule has 0 saturated carbocycles. The molecule has 0 amide bonds. The van der Waals surface area contributed by atoms with E-state index in [9.17, 15) is 0 Å². The first-order valence-electron chi connectivity index (χ1n) is 6.35. The van der Waals surface area contributed by atoms with Crippen LogP contribution in [0.4, 0.5) is 0 Å². The van der Waals surface area contributed by atoms with Crippen LogP contribution in [0.2, 0.25) is 5.02 Å². The summed E-state index contributed by atoms with van der Waals surface area (Å²) in [5.41, 5.74) is 5.40. The molecule has 1 nitrogen and oxygen atoms in total. The van der Waals surface area contributed by atoms with Gasteiger partial charge in [-0.1, -0.05) is 41.4 Å². The Morgan fingerprint density at radius 2 is 1.74 bits per heavy atom. The van der Waals surface area contributed by atoms with Crippen LogP contribution in [-0.4, -0.2) is 7.11 Å². The summed E-state index contributed by atoms with van der Waals surface area (Å²) in [6, 6.07) is 14.3. The van der Waals surface area contributed by atoms with E-state index in [1.54, 1.807) is 7.11 Å². The van der Waals surface area contributed by atoms with E-state index in [-0.39, 0.29) is 0 Å². The van der Waals surface area contributed by atoms with Gasteiger partial charge in [0.2, 0.25) is 0 Å². The third-order valence-corrected chi connectivity index (χ3v) is 3.73. The van der Waals surface area contributed by atoms with Gasteiger partial charge in [0.1, 0.15) is 5.75 Å². The highest BCUT2D eigenvalue weighted by Crippen LogP contribution is 2.30. The summed E-state index contributed by atoms with van der Waals surface area (Å²) in [4.78, 5) is 0. The third kappa shape index (κ3) is 2.66. The molecule has 1 aliphatic rings. The molecule has 0 bridgehead atoms. The van der Waals surface area contributed by atoms with Crippen LogP contribution in [0.5, 0.6) is 5.75 Å². The Balaban J connectivity index is 1.83. The smallest absolute Gasteiger partial charge is 0.118 e. The second kappa shape index (κ2) is 5.10. The first-order valence-corrected chi connectivity index (χ1v) is 6.73. The Morgan fingerprint density at radius 3 is 2.47 bits per heavy atom. The number of rotatable bonds is 2. The molecule has 2 aromatic rings. The molecule has 19 heavy (non-hydrogen) atoms. The highest BCUT2D eigenvalue weighted by molar-refractivity contribution is 6.30. The molecule has 0 saturated heterocycles. The molecule has 0 spiro atoms. The van der Waals surface area contributed by atoms with E-state index in [1.165, 1.54) is 22.3 Å². The van der Waals surface area contributed by atoms with Crippen LogP contribution in [0.25, 0.3) is 6.08 Å². The van der Waals surface area contributed by atoms with Crippen molar-refractivity contribution in [1.29, 1.82) is 0 Å². The van der Waals surface area contributed by atoms with Crippen molar-refractivity contribution in [2.75, 3.05) is 7.11 Å². The van der Waals surface area contributed by atoms with Gasteiger partial charge in [0.05, 0.1) is 7.11 Å². The number of fused-ring (bicyclic) bond motifs is 1. The number of ether oxygens (including phenoxy) is 1. The van der Waals surface area contributed by atoms with E-state index in [0.29, 0.717) is 0 Å². The quantitative estimate of drug-likeness (QED) is 0.779. The third-order valence-electron chi connectivity index (χ3n) is 3.49. The van der Waals surface area contributed by atoms with Gasteiger partial charge < -0.3 is 4.74 Å². The fourth-order valence-electron chi connectivity index (χ4n) is 2.52. The van der Waals surface area contributed by atoms with Crippen molar-refractivity contribution in [3.05, 3.63) is 69.8 Å². The summed E-state index contributed by atoms with van der Waals surface area (Å²) in [6.07, 6.45) is 4.29. The fraction of sp³-hybridized carbons (Fsp3) is 0.176. The lowest BCUT2D eigenvalue weighted by Gasteiger charge is -2.00. The minimum Gasteiger partial charge on any atom is -0.497 e. The van der Waals surface area contributed by atoms with E-state index in [0.717, 1.165) is 23.6 Å². The number of benzene rings is 2. The maximum atomic E-state index is 6.03. The van der Waals surface area contributed by atoms with Crippen LogP contribution < -0.4 is 4.74 Å². The molecular weight excluding hydrogens is 256 g/mol. The van der Waals surface area contributed by atoms with E-state index in [1.807, 2.05) is 18.2 Å². The zero-order valence-corrected chi connectivity index (χ0v) is 11.6. The average Bonchev–Trinajstić information content (AvgIpc) is 2.81. The predicted molar refractivity (Wildman–Crippen MR) is 79.8 cm³/mol. The van der Waals surface area contributed by atoms with Gasteiger partial charge >= 0.3 is 0 Å². The molecule has 3 rings (SSSR count). The van der Waals surface area contributed by atoms with Gasteiger partial charge in [-0.05, 0) is 53.8 Å². The van der Waals surface area contributed by atoms with Crippen LogP contribution in [0, 0.1) is 0 Å². The molecule has 0 aliphatic heterocycles. The summed E-state index contributed by atoms with van der Waals surface area (Å²) in [6.45, 7) is 0. The van der Waals surface area contributed by atoms with Gasteiger partial charge in [0, 0.05) is 5.02 Å². The van der Waals surface area contributed by atoms with E-state index in [4.69, 9.17) is 16.3 Å². The summed E-state index contributed by atoms with van der Waals surface area (Å²) in [5.74, 6) is 0.892. The Bertz CT molecular complexity index is 626. The first kappa shape index (κ1) is 12.3. The molecular formula is C17H15ClO. The molecule has 0 atom stereocenters. The van der Waals surface area contributed by atoms with Crippen LogP contribution >= 0.6 is 11.6 Å². The Kier molecular flexibility index (Phi) is 3.31. The number of halogens is 1. The summed E-state index contributed by atoms with van der Waals surface area (Å²) >= 11 is 6.03. The molecule has 2 heteroatoms. The Hall–Kier alpha value is -1.73. The van der Waals surface area contributed by atoms with E-state index >= 15 is 0 Å². The highest BCUT2D eigenvalue weighted by atomic mass is 35.5. The van der Waals surface area contributed by atoms with Gasteiger partial charge in [-0.3, -0.25) is 0 Å². The molecule has 96 valence electrons. The summed E-state index contributed by atoms with van der Waals surface area (Å²) in [5, 5.41) is 0.824. The normalized spacial score (nSPS) is 15.6. The zero-order valence-electron chi connectivity index (χ0n) is 10.8. The number of allylic oxidation sites excluding steroid dienone is 1. The minimum absolute atomic E-state index is 0.824. The van der Waals surface area contributed by atoms with Crippen LogP contribution in [0.15, 0.2) is 48.0 Å². The van der Waals surface area contributed by atoms with Crippen molar-refractivity contribution in [2.24, 2.45) is 0 Å². The van der Waals surface area contributed by atoms with Crippen molar-refractivity contribution >= 4 is 17.7 Å². The molecule has 0 heterocycles. The zero-order chi connectivity index (χ0) is 13.2. The van der Waals surface area contributed by atoms with E-state index in [2.05, 4.69) is 30.3 Å². The molecule has 0 N–H and O–H groups in total. The summed E-state index contributed by atoms with van der Waals surface area (Å²) < 4.78 is 5.17. The molecule has 1 aliphatic carbocycles. The molecule has 0 aromatic heterocycles. The van der Waals surface area contributed by atoms with Crippen molar-refractivity contribution in [3.8, 4) is 5.75 Å². The second-order valence-corrected chi connectivity index (χ2v) is 5.28. The molecule has 2 aromatic carbocycles. The van der Waals surface area contributed by atoms with Gasteiger partial charge in [-0.15, -0.1) is 0 Å². The lowest BCUT2D eigenvalue weighted by atomic mass is 10.1. The van der Waals surface area contributed by atoms with Crippen molar-refractivity contribution < 1.29 is 4.74 Å². The molecule has 0 fully saturated rings. The maximum absolute atomic E-state index is 6.03. The number of hydrogen-bond acceptors (Lipinski definition) is 1. The number of methoxy groups -OCH3 is 1. The monoisotopic (exact) mass is 270 g/mol. The average molecular weight is 271 g/mol. The van der Waals surface area contributed by atoms with Gasteiger partial charge in [0.15, 0.2) is 0 Å². The van der Waals surface area contributed by atoms with Crippen LogP contribution in [-0.2, 0) is 12.8 Å². The molecule has 0 radical (unpaired) electrons. The van der Waals surface area contributed by atoms with Crippen molar-refractivity contribution in [3.63, 3.8) is 0 Å². The van der Waals surface area contributed by atoms with Crippen LogP contribution in [0.1, 0.15) is 16.7 Å². The van der Waals surface area contributed by atoms with E-state index < -0.39 is 0 Å². The van der Waals surface area contributed by atoms with Gasteiger partial charge in [-0.25, -0.2) is 0 Å². The number of hydrogen-bond donors (Lipinski definition) is 0. The maximum Gasteiger partial charge on any atom is 0.118 e. The first-order chi connectivity index (χ1) is 9.24. The summed E-state index contributed by atoms with van der Waals surface area (Å²) in [7, 11) is 1.69. The lowest BCUT2D eigenvalue weighted by Crippen LogP contribution is -1.84. The predicted octanol–water partition coefficient (Wildman–Crippen LogP) is 4.53. The largest absolute Gasteiger partial charge is 0.497 e. The van der Waals surface area contributed by atoms with Crippen molar-refractivity contribution in [2.45, 2.75) is 12.8 Å². The fourth-order valence-corrected chi connectivity index (χ4v) is 2.72. The highest BCUT2D eigenvalue weighted by Gasteiger charge is 2.15. The standard InChI is InChI=1S/C17H15ClO/c1-19-17-6-2-12(3-7-17)8-13-9-14-4-5-16(18)11-15(14)10-13/h2-8,11H,9-10H2,1H3. The SMILES string of the molecule is COc1ccc(C=C2Cc3ccc(Cl)cc3C2)cc1. The Labute approximate surface area is 118 Å². The van der Waals surface area contributed by atoms with Gasteiger partial charge in [-0.2, -0.15) is 0 Å². The lowest BCUT2D eigenvalue weighted by molar-refractivity contribution is 0.415. The van der Waals surface area contributed by atoms with Crippen LogP contribution in [0.3, 0.4) is 0 Å². The van der Waals surface area contributed by atoms with Gasteiger partial charge in [0.25, 0.3) is 0 Å². The minimum atomic E-state index is 0.824.